The van der Waals surface area contributed by atoms with E-state index in [2.05, 4.69) is 78.9 Å². The first-order chi connectivity index (χ1) is 25.2. The van der Waals surface area contributed by atoms with Gasteiger partial charge in [0.25, 0.3) is 0 Å². The van der Waals surface area contributed by atoms with Crippen LogP contribution in [0.2, 0.25) is 0 Å². The molecule has 240 valence electrons. The number of hydrogen-bond donors (Lipinski definition) is 0. The third-order valence-corrected chi connectivity index (χ3v) is 10.1. The van der Waals surface area contributed by atoms with Gasteiger partial charge in [0.1, 0.15) is 34.2 Å². The van der Waals surface area contributed by atoms with Crippen molar-refractivity contribution in [3.63, 3.8) is 0 Å². The topological polar surface area (TPSA) is 74.2 Å². The maximum atomic E-state index is 6.73. The van der Waals surface area contributed by atoms with Gasteiger partial charge >= 0.3 is 0 Å². The van der Waals surface area contributed by atoms with Crippen LogP contribution in [0.15, 0.2) is 161 Å². The Morgan fingerprint density at radius 2 is 1.16 bits per heavy atom. The zero-order valence-electron chi connectivity index (χ0n) is 27.2. The lowest BCUT2D eigenvalue weighted by Crippen LogP contribution is -2.17. The summed E-state index contributed by atoms with van der Waals surface area (Å²) in [5.41, 5.74) is 9.29. The minimum absolute atomic E-state index is 0.0185. The number of hydrogen-bond acceptors (Lipinski definition) is 6. The number of allylic oxidation sites excluding steroid dienone is 2. The summed E-state index contributed by atoms with van der Waals surface area (Å²) in [5.74, 6) is 2.52. The van der Waals surface area contributed by atoms with Crippen molar-refractivity contribution >= 4 is 49.5 Å². The highest BCUT2D eigenvalue weighted by Crippen LogP contribution is 2.48. The third kappa shape index (κ3) is 4.40. The van der Waals surface area contributed by atoms with Crippen LogP contribution < -0.4 is 4.74 Å². The summed E-state index contributed by atoms with van der Waals surface area (Å²) in [4.78, 5) is 15.1. The van der Waals surface area contributed by atoms with Gasteiger partial charge in [-0.3, -0.25) is 0 Å². The molecule has 0 bridgehead atoms. The second-order valence-corrected chi connectivity index (χ2v) is 13.1. The molecule has 6 heteroatoms. The molecule has 11 rings (SSSR count). The fourth-order valence-corrected chi connectivity index (χ4v) is 7.66. The number of para-hydroxylation sites is 4. The molecule has 1 aliphatic heterocycles. The Hall–Kier alpha value is -6.79. The Labute approximate surface area is 292 Å². The molecule has 2 atom stereocenters. The summed E-state index contributed by atoms with van der Waals surface area (Å²) >= 11 is 0. The molecule has 0 N–H and O–H groups in total. The Morgan fingerprint density at radius 3 is 2.02 bits per heavy atom. The highest BCUT2D eigenvalue weighted by molar-refractivity contribution is 6.09. The zero-order chi connectivity index (χ0) is 33.5. The van der Waals surface area contributed by atoms with Crippen LogP contribution in [0.5, 0.6) is 5.75 Å². The minimum atomic E-state index is -0.148. The predicted molar refractivity (Wildman–Crippen MR) is 201 cm³/mol. The maximum Gasteiger partial charge on any atom is 0.167 e. The van der Waals surface area contributed by atoms with E-state index in [0.717, 1.165) is 83.0 Å². The second-order valence-electron chi connectivity index (χ2n) is 13.1. The number of rotatable bonds is 4. The van der Waals surface area contributed by atoms with Gasteiger partial charge in [-0.25, -0.2) is 15.0 Å². The largest absolute Gasteiger partial charge is 0.484 e. The summed E-state index contributed by atoms with van der Waals surface area (Å²) in [7, 11) is 0. The quantitative estimate of drug-likeness (QED) is 0.187. The van der Waals surface area contributed by atoms with Crippen molar-refractivity contribution in [2.24, 2.45) is 0 Å². The van der Waals surface area contributed by atoms with Crippen molar-refractivity contribution in [3.8, 4) is 39.9 Å². The lowest BCUT2D eigenvalue weighted by atomic mass is 9.86. The second kappa shape index (κ2) is 10.9. The Bertz CT molecular complexity index is 2920. The molecule has 2 unspecified atom stereocenters. The van der Waals surface area contributed by atoms with Gasteiger partial charge < -0.3 is 13.6 Å². The predicted octanol–water partition coefficient (Wildman–Crippen LogP) is 11.2. The van der Waals surface area contributed by atoms with Gasteiger partial charge in [0.2, 0.25) is 0 Å². The van der Waals surface area contributed by atoms with Gasteiger partial charge in [-0.15, -0.1) is 0 Å². The molecule has 4 heterocycles. The van der Waals surface area contributed by atoms with E-state index in [0.29, 0.717) is 17.5 Å². The number of furan rings is 2. The molecule has 0 saturated heterocycles. The first-order valence-corrected chi connectivity index (χ1v) is 17.1. The van der Waals surface area contributed by atoms with E-state index in [-0.39, 0.29) is 12.0 Å². The lowest BCUT2D eigenvalue weighted by molar-refractivity contribution is 0.270. The Kier molecular flexibility index (Phi) is 5.98. The van der Waals surface area contributed by atoms with Crippen molar-refractivity contribution in [2.75, 3.05) is 0 Å². The van der Waals surface area contributed by atoms with Crippen LogP contribution in [0.3, 0.4) is 0 Å². The normalized spacial score (nSPS) is 16.4. The molecular weight excluding hydrogens is 631 g/mol. The van der Waals surface area contributed by atoms with Gasteiger partial charge in [-0.1, -0.05) is 115 Å². The Morgan fingerprint density at radius 1 is 0.490 bits per heavy atom. The molecule has 1 aliphatic carbocycles. The van der Waals surface area contributed by atoms with Crippen molar-refractivity contribution in [2.45, 2.75) is 12.0 Å². The zero-order valence-corrected chi connectivity index (χ0v) is 27.2. The molecular formula is C45H27N3O3. The third-order valence-electron chi connectivity index (χ3n) is 10.1. The molecule has 0 fully saturated rings. The molecule has 6 aromatic carbocycles. The van der Waals surface area contributed by atoms with Crippen LogP contribution in [0.4, 0.5) is 0 Å². The van der Waals surface area contributed by atoms with Crippen LogP contribution in [0.1, 0.15) is 17.0 Å². The standard InChI is InChI=1S/C45H27N3O3/c1-2-10-26(11-3-1)43-46-44(28-20-22-32-30-12-4-6-18-37(30)49-40(32)25-28)48-45(47-43)35-17-9-16-34-36-24-27(21-23-39(36)51-42(34)35)29-14-8-15-33-31-13-5-7-19-38(31)50-41(29)33/h1-25,36,39H. The minimum Gasteiger partial charge on any atom is -0.484 e. The number of nitrogens with zero attached hydrogens (tertiary/aromatic N) is 3. The lowest BCUT2D eigenvalue weighted by Gasteiger charge is -2.18. The molecule has 3 aromatic heterocycles. The number of aromatic nitrogens is 3. The first-order valence-electron chi connectivity index (χ1n) is 17.1. The van der Waals surface area contributed by atoms with Crippen LogP contribution in [-0.2, 0) is 0 Å². The van der Waals surface area contributed by atoms with E-state index in [1.165, 1.54) is 0 Å². The summed E-state index contributed by atoms with van der Waals surface area (Å²) in [6, 6.07) is 45.1. The van der Waals surface area contributed by atoms with Crippen LogP contribution in [-0.4, -0.2) is 21.1 Å². The molecule has 0 spiro atoms. The van der Waals surface area contributed by atoms with E-state index in [1.54, 1.807) is 0 Å². The first kappa shape index (κ1) is 28.1. The van der Waals surface area contributed by atoms with E-state index in [1.807, 2.05) is 72.8 Å². The molecule has 51 heavy (non-hydrogen) atoms. The van der Waals surface area contributed by atoms with Gasteiger partial charge in [-0.2, -0.15) is 0 Å². The van der Waals surface area contributed by atoms with Crippen molar-refractivity contribution in [3.05, 3.63) is 163 Å². The maximum absolute atomic E-state index is 6.73. The summed E-state index contributed by atoms with van der Waals surface area (Å²) in [6.07, 6.45) is 6.46. The summed E-state index contributed by atoms with van der Waals surface area (Å²) < 4.78 is 19.4. The van der Waals surface area contributed by atoms with Crippen LogP contribution in [0.25, 0.3) is 83.6 Å². The van der Waals surface area contributed by atoms with Gasteiger partial charge in [0.15, 0.2) is 17.5 Å². The van der Waals surface area contributed by atoms with Crippen LogP contribution >= 0.6 is 0 Å². The monoisotopic (exact) mass is 657 g/mol. The number of fused-ring (bicyclic) bond motifs is 9. The molecule has 2 aliphatic rings. The van der Waals surface area contributed by atoms with Gasteiger partial charge in [-0.05, 0) is 42.0 Å². The van der Waals surface area contributed by atoms with E-state index >= 15 is 0 Å². The molecule has 0 saturated carbocycles. The highest BCUT2D eigenvalue weighted by Gasteiger charge is 2.36. The fourth-order valence-electron chi connectivity index (χ4n) is 7.66. The highest BCUT2D eigenvalue weighted by atomic mass is 16.5. The molecule has 0 amide bonds. The average molecular weight is 658 g/mol. The van der Waals surface area contributed by atoms with Crippen molar-refractivity contribution in [1.29, 1.82) is 0 Å². The summed E-state index contributed by atoms with van der Waals surface area (Å²) in [6.45, 7) is 0. The SMILES string of the molecule is C1=CC2Oc3c(-c4nc(-c5ccccc5)nc(-c5ccc6c(c5)oc5ccccc56)n4)cccc3C2C=C1c1cccc2c1oc1ccccc12. The molecule has 0 radical (unpaired) electrons. The smallest absolute Gasteiger partial charge is 0.167 e. The number of benzene rings is 6. The summed E-state index contributed by atoms with van der Waals surface area (Å²) in [5, 5.41) is 4.38. The molecule has 9 aromatic rings. The van der Waals surface area contributed by atoms with Crippen LogP contribution in [0, 0.1) is 0 Å². The van der Waals surface area contributed by atoms with Crippen molar-refractivity contribution < 1.29 is 13.6 Å². The van der Waals surface area contributed by atoms with E-state index < -0.39 is 0 Å². The van der Waals surface area contributed by atoms with E-state index in [4.69, 9.17) is 28.5 Å². The van der Waals surface area contributed by atoms with Crippen molar-refractivity contribution in [1.82, 2.24) is 15.0 Å². The van der Waals surface area contributed by atoms with Gasteiger partial charge in [0.05, 0.1) is 5.56 Å². The number of ether oxygens (including phenoxy) is 1. The van der Waals surface area contributed by atoms with Gasteiger partial charge in [0, 0.05) is 49.7 Å². The van der Waals surface area contributed by atoms with E-state index in [9.17, 15) is 0 Å². The average Bonchev–Trinajstić information content (AvgIpc) is 3.88. The Balaban J connectivity index is 1.03. The molecule has 6 nitrogen and oxygen atoms in total. The fraction of sp³-hybridized carbons (Fsp3) is 0.0444.